The molecule has 1 N–H and O–H groups in total. The van der Waals surface area contributed by atoms with Crippen molar-refractivity contribution in [2.24, 2.45) is 0 Å². The van der Waals surface area contributed by atoms with Crippen molar-refractivity contribution in [3.63, 3.8) is 0 Å². The lowest BCUT2D eigenvalue weighted by Crippen LogP contribution is -2.26. The van der Waals surface area contributed by atoms with E-state index in [1.165, 1.54) is 27.3 Å². The Bertz CT molecular complexity index is 565. The Hall–Kier alpha value is -0.840. The first-order chi connectivity index (χ1) is 9.24. The molecule has 0 fully saturated rings. The summed E-state index contributed by atoms with van der Waals surface area (Å²) in [6.45, 7) is 5.37. The third-order valence-electron chi connectivity index (χ3n) is 3.59. The van der Waals surface area contributed by atoms with E-state index in [0.29, 0.717) is 11.3 Å². The maximum absolute atomic E-state index is 4.15. The summed E-state index contributed by atoms with van der Waals surface area (Å²) in [5, 5.41) is 6.62. The van der Waals surface area contributed by atoms with Crippen LogP contribution in [0.4, 0.5) is 0 Å². The van der Waals surface area contributed by atoms with Gasteiger partial charge in [-0.2, -0.15) is 0 Å². The van der Waals surface area contributed by atoms with Crippen LogP contribution in [0, 0.1) is 6.92 Å². The van der Waals surface area contributed by atoms with E-state index in [1.807, 2.05) is 35.5 Å². The number of aryl methyl sites for hydroxylation is 1. The number of fused-ring (bicyclic) bond motifs is 1. The van der Waals surface area contributed by atoms with Gasteiger partial charge in [0.1, 0.15) is 0 Å². The zero-order valence-corrected chi connectivity index (χ0v) is 12.9. The van der Waals surface area contributed by atoms with Gasteiger partial charge in [-0.05, 0) is 47.5 Å². The third-order valence-corrected chi connectivity index (χ3v) is 5.93. The highest BCUT2D eigenvalue weighted by Crippen LogP contribution is 2.43. The summed E-state index contributed by atoms with van der Waals surface area (Å²) in [5.74, 6) is 0. The standard InChI is InChI=1S/C15H18N2S2/c1-10-8-16-5-3-12(10)9-17-14-7-11(2)19-15-13(14)4-6-18-15/h3-6,8,11,14,17H,7,9H2,1-2H3/t11-,14?/m0/s1. The fraction of sp³-hybridized carbons (Fsp3) is 0.400. The Morgan fingerprint density at radius 2 is 2.32 bits per heavy atom. The molecule has 1 aliphatic rings. The van der Waals surface area contributed by atoms with Crippen LogP contribution < -0.4 is 5.32 Å². The predicted molar refractivity (Wildman–Crippen MR) is 82.8 cm³/mol. The minimum absolute atomic E-state index is 0.491. The summed E-state index contributed by atoms with van der Waals surface area (Å²) < 4.78 is 1.49. The zero-order chi connectivity index (χ0) is 13.2. The van der Waals surface area contributed by atoms with Crippen LogP contribution in [0.3, 0.4) is 0 Å². The van der Waals surface area contributed by atoms with E-state index in [9.17, 15) is 0 Å². The fourth-order valence-corrected chi connectivity index (χ4v) is 5.04. The molecule has 0 saturated carbocycles. The average molecular weight is 290 g/mol. The zero-order valence-electron chi connectivity index (χ0n) is 11.2. The fourth-order valence-electron chi connectivity index (χ4n) is 2.48. The topological polar surface area (TPSA) is 24.9 Å². The number of thioether (sulfide) groups is 1. The molecule has 0 spiro atoms. The minimum Gasteiger partial charge on any atom is -0.306 e. The number of nitrogens with zero attached hydrogens (tertiary/aromatic N) is 1. The van der Waals surface area contributed by atoms with Crippen molar-refractivity contribution in [2.75, 3.05) is 0 Å². The lowest BCUT2D eigenvalue weighted by molar-refractivity contribution is 0.487. The van der Waals surface area contributed by atoms with E-state index >= 15 is 0 Å². The summed E-state index contributed by atoms with van der Waals surface area (Å²) in [6.07, 6.45) is 5.02. The van der Waals surface area contributed by atoms with E-state index in [-0.39, 0.29) is 0 Å². The van der Waals surface area contributed by atoms with Crippen LogP contribution >= 0.6 is 23.1 Å². The number of pyridine rings is 1. The van der Waals surface area contributed by atoms with Crippen molar-refractivity contribution in [1.82, 2.24) is 10.3 Å². The maximum atomic E-state index is 4.15. The van der Waals surface area contributed by atoms with Gasteiger partial charge in [-0.1, -0.05) is 6.92 Å². The van der Waals surface area contributed by atoms with Crippen molar-refractivity contribution >= 4 is 23.1 Å². The first-order valence-electron chi connectivity index (χ1n) is 6.61. The molecule has 1 aliphatic heterocycles. The second kappa shape index (κ2) is 5.65. The van der Waals surface area contributed by atoms with Gasteiger partial charge in [-0.3, -0.25) is 4.98 Å². The van der Waals surface area contributed by atoms with E-state index in [0.717, 1.165) is 6.54 Å². The highest BCUT2D eigenvalue weighted by atomic mass is 32.2. The molecule has 100 valence electrons. The Balaban J connectivity index is 1.73. The molecular formula is C15H18N2S2. The van der Waals surface area contributed by atoms with Gasteiger partial charge < -0.3 is 5.32 Å². The Morgan fingerprint density at radius 1 is 1.42 bits per heavy atom. The molecule has 1 unspecified atom stereocenters. The van der Waals surface area contributed by atoms with Crippen molar-refractivity contribution in [3.05, 3.63) is 46.6 Å². The first kappa shape index (κ1) is 13.2. The van der Waals surface area contributed by atoms with Crippen LogP contribution in [0.25, 0.3) is 0 Å². The molecule has 0 aliphatic carbocycles. The highest BCUT2D eigenvalue weighted by Gasteiger charge is 2.25. The van der Waals surface area contributed by atoms with Crippen molar-refractivity contribution in [2.45, 2.75) is 42.3 Å². The molecule has 0 aromatic carbocycles. The van der Waals surface area contributed by atoms with Gasteiger partial charge in [0.2, 0.25) is 0 Å². The molecule has 0 radical (unpaired) electrons. The molecule has 2 nitrogen and oxygen atoms in total. The van der Waals surface area contributed by atoms with Crippen molar-refractivity contribution < 1.29 is 0 Å². The van der Waals surface area contributed by atoms with E-state index in [2.05, 4.69) is 41.7 Å². The molecule has 19 heavy (non-hydrogen) atoms. The smallest absolute Gasteiger partial charge is 0.0649 e. The summed E-state index contributed by atoms with van der Waals surface area (Å²) in [6, 6.07) is 4.87. The van der Waals surface area contributed by atoms with E-state index in [4.69, 9.17) is 0 Å². The molecule has 2 aromatic rings. The molecule has 4 heteroatoms. The van der Waals surface area contributed by atoms with Crippen LogP contribution in [0.2, 0.25) is 0 Å². The van der Waals surface area contributed by atoms with Gasteiger partial charge >= 0.3 is 0 Å². The average Bonchev–Trinajstić information content (AvgIpc) is 2.85. The number of rotatable bonds is 3. The summed E-state index contributed by atoms with van der Waals surface area (Å²) in [7, 11) is 0. The third kappa shape index (κ3) is 2.86. The highest BCUT2D eigenvalue weighted by molar-refractivity contribution is 8.01. The van der Waals surface area contributed by atoms with E-state index < -0.39 is 0 Å². The predicted octanol–water partition coefficient (Wildman–Crippen LogP) is 4.17. The SMILES string of the molecule is Cc1cnccc1CNC1C[C@H](C)Sc2sccc21. The second-order valence-electron chi connectivity index (χ2n) is 5.06. The Morgan fingerprint density at radius 3 is 3.16 bits per heavy atom. The minimum atomic E-state index is 0.491. The first-order valence-corrected chi connectivity index (χ1v) is 8.37. The number of nitrogens with one attached hydrogen (secondary N) is 1. The molecule has 0 saturated heterocycles. The number of thiophene rings is 1. The van der Waals surface area contributed by atoms with Gasteiger partial charge in [0.25, 0.3) is 0 Å². The molecule has 2 aromatic heterocycles. The summed E-state index contributed by atoms with van der Waals surface area (Å²) >= 11 is 3.89. The van der Waals surface area contributed by atoms with Gasteiger partial charge in [0, 0.05) is 30.2 Å². The summed E-state index contributed by atoms with van der Waals surface area (Å²) in [4.78, 5) is 4.15. The largest absolute Gasteiger partial charge is 0.306 e. The van der Waals surface area contributed by atoms with Gasteiger partial charge in [-0.25, -0.2) is 0 Å². The Labute approximate surface area is 122 Å². The van der Waals surface area contributed by atoms with Crippen molar-refractivity contribution in [3.8, 4) is 0 Å². The van der Waals surface area contributed by atoms with Crippen LogP contribution in [-0.2, 0) is 6.54 Å². The molecule has 3 heterocycles. The normalized spacial score (nSPS) is 22.2. The number of hydrogen-bond donors (Lipinski definition) is 1. The Kier molecular flexibility index (Phi) is 3.91. The maximum Gasteiger partial charge on any atom is 0.0649 e. The molecule has 3 rings (SSSR count). The number of aromatic nitrogens is 1. The monoisotopic (exact) mass is 290 g/mol. The van der Waals surface area contributed by atoms with Crippen LogP contribution in [0.1, 0.15) is 36.1 Å². The second-order valence-corrected chi connectivity index (χ2v) is 7.69. The lowest BCUT2D eigenvalue weighted by atomic mass is 10.0. The van der Waals surface area contributed by atoms with Crippen LogP contribution in [0.5, 0.6) is 0 Å². The molecular weight excluding hydrogens is 272 g/mol. The van der Waals surface area contributed by atoms with Crippen molar-refractivity contribution in [1.29, 1.82) is 0 Å². The van der Waals surface area contributed by atoms with Gasteiger partial charge in [-0.15, -0.1) is 23.1 Å². The molecule has 0 bridgehead atoms. The van der Waals surface area contributed by atoms with Gasteiger partial charge in [0.05, 0.1) is 4.21 Å². The summed E-state index contributed by atoms with van der Waals surface area (Å²) in [5.41, 5.74) is 4.09. The lowest BCUT2D eigenvalue weighted by Gasteiger charge is -2.27. The van der Waals surface area contributed by atoms with E-state index in [1.54, 1.807) is 0 Å². The molecule has 2 atom stereocenters. The van der Waals surface area contributed by atoms with Crippen LogP contribution in [0.15, 0.2) is 34.1 Å². The van der Waals surface area contributed by atoms with Crippen LogP contribution in [-0.4, -0.2) is 10.2 Å². The van der Waals surface area contributed by atoms with Gasteiger partial charge in [0.15, 0.2) is 0 Å². The quantitative estimate of drug-likeness (QED) is 0.918. The number of hydrogen-bond acceptors (Lipinski definition) is 4. The molecule has 0 amide bonds.